The van der Waals surface area contributed by atoms with E-state index in [1.807, 2.05) is 18.2 Å². The first-order valence-corrected chi connectivity index (χ1v) is 9.90. The van der Waals surface area contributed by atoms with Gasteiger partial charge in [-0.15, -0.1) is 0 Å². The van der Waals surface area contributed by atoms with E-state index in [4.69, 9.17) is 0 Å². The lowest BCUT2D eigenvalue weighted by Gasteiger charge is -2.23. The molecular formula is C22H22O2S. The average Bonchev–Trinajstić information content (AvgIpc) is 2.97. The molecule has 1 atom stereocenters. The number of ketones is 1. The van der Waals surface area contributed by atoms with E-state index >= 15 is 0 Å². The first-order chi connectivity index (χ1) is 11.8. The Balaban J connectivity index is 2.06. The molecular weight excluding hydrogens is 328 g/mol. The molecule has 0 aromatic heterocycles. The van der Waals surface area contributed by atoms with Crippen molar-refractivity contribution in [1.82, 2.24) is 0 Å². The summed E-state index contributed by atoms with van der Waals surface area (Å²) >= 11 is 0. The summed E-state index contributed by atoms with van der Waals surface area (Å²) in [4.78, 5) is 14.3. The van der Waals surface area contributed by atoms with Crippen molar-refractivity contribution in [2.24, 2.45) is 5.41 Å². The monoisotopic (exact) mass is 350 g/mol. The number of allylic oxidation sites excluding steroid dienone is 2. The van der Waals surface area contributed by atoms with Crippen molar-refractivity contribution in [3.63, 3.8) is 0 Å². The number of hydrogen-bond acceptors (Lipinski definition) is 2. The Kier molecular flexibility index (Phi) is 3.62. The van der Waals surface area contributed by atoms with Crippen LogP contribution in [0.4, 0.5) is 0 Å². The first kappa shape index (κ1) is 16.5. The van der Waals surface area contributed by atoms with Gasteiger partial charge in [0.2, 0.25) is 5.78 Å². The van der Waals surface area contributed by atoms with Crippen molar-refractivity contribution >= 4 is 22.2 Å². The molecule has 2 aromatic rings. The van der Waals surface area contributed by atoms with Gasteiger partial charge < -0.3 is 0 Å². The van der Waals surface area contributed by atoms with E-state index in [1.54, 1.807) is 6.07 Å². The van der Waals surface area contributed by atoms with Gasteiger partial charge >= 0.3 is 0 Å². The highest BCUT2D eigenvalue weighted by molar-refractivity contribution is 7.91. The molecule has 0 N–H and O–H groups in total. The Hall–Kier alpha value is -2.00. The second kappa shape index (κ2) is 5.50. The van der Waals surface area contributed by atoms with Gasteiger partial charge in [0.1, 0.15) is 0 Å². The normalized spacial score (nSPS) is 23.9. The third-order valence-corrected chi connectivity index (χ3v) is 6.83. The van der Waals surface area contributed by atoms with Crippen molar-refractivity contribution in [3.8, 4) is 0 Å². The largest absolute Gasteiger partial charge is 0.288 e. The maximum atomic E-state index is 13.2. The van der Waals surface area contributed by atoms with Gasteiger partial charge in [0.15, 0.2) is 0 Å². The summed E-state index contributed by atoms with van der Waals surface area (Å²) in [5.41, 5.74) is 5.05. The second-order valence-electron chi connectivity index (χ2n) is 7.89. The molecule has 0 amide bonds. The van der Waals surface area contributed by atoms with Crippen LogP contribution in [0, 0.1) is 5.41 Å². The van der Waals surface area contributed by atoms with E-state index in [-0.39, 0.29) is 11.2 Å². The minimum Gasteiger partial charge on any atom is -0.288 e. The summed E-state index contributed by atoms with van der Waals surface area (Å²) in [6.07, 6.45) is 0.878. The molecule has 4 rings (SSSR count). The zero-order valence-electron chi connectivity index (χ0n) is 15.1. The Morgan fingerprint density at radius 1 is 1.04 bits per heavy atom. The highest BCUT2D eigenvalue weighted by Crippen LogP contribution is 2.52. The topological polar surface area (TPSA) is 34.1 Å². The van der Waals surface area contributed by atoms with Crippen LogP contribution >= 0.6 is 0 Å². The van der Waals surface area contributed by atoms with E-state index in [0.29, 0.717) is 21.3 Å². The highest BCUT2D eigenvalue weighted by Gasteiger charge is 2.44. The summed E-state index contributed by atoms with van der Waals surface area (Å²) in [7, 11) is -1.40. The Morgan fingerprint density at radius 3 is 2.44 bits per heavy atom. The van der Waals surface area contributed by atoms with Crippen molar-refractivity contribution in [2.45, 2.75) is 44.9 Å². The molecule has 1 unspecified atom stereocenters. The van der Waals surface area contributed by atoms with Gasteiger partial charge in [-0.05, 0) is 52.1 Å². The summed E-state index contributed by atoms with van der Waals surface area (Å²) in [5.74, 6) is 0.287. The molecule has 1 aliphatic heterocycles. The molecule has 25 heavy (non-hydrogen) atoms. The SMILES string of the molecule is CC(C)c1cccc2c1/C(=C1\C(=O)c3ccccc3S1=O)C(C)(C)C2. The van der Waals surface area contributed by atoms with Gasteiger partial charge in [-0.1, -0.05) is 58.0 Å². The van der Waals surface area contributed by atoms with Crippen molar-refractivity contribution < 1.29 is 9.00 Å². The van der Waals surface area contributed by atoms with E-state index in [2.05, 4.69) is 45.9 Å². The van der Waals surface area contributed by atoms with E-state index in [9.17, 15) is 9.00 Å². The molecule has 0 bridgehead atoms. The van der Waals surface area contributed by atoms with Crippen LogP contribution in [0.5, 0.6) is 0 Å². The lowest BCUT2D eigenvalue weighted by atomic mass is 9.82. The molecule has 2 aliphatic rings. The Labute approximate surface area is 151 Å². The van der Waals surface area contributed by atoms with Crippen LogP contribution < -0.4 is 0 Å². The zero-order valence-corrected chi connectivity index (χ0v) is 15.9. The van der Waals surface area contributed by atoms with E-state index in [0.717, 1.165) is 17.6 Å². The standard InChI is InChI=1S/C22H22O2S/c1-13(2)15-10-7-8-14-12-22(3,4)19(18(14)15)21-20(23)16-9-5-6-11-17(16)25(21)24/h5-11,13H,12H2,1-4H3/b21-19-. The minimum atomic E-state index is -1.40. The predicted molar refractivity (Wildman–Crippen MR) is 102 cm³/mol. The summed E-state index contributed by atoms with van der Waals surface area (Å²) in [5, 5.41) is 0. The number of carbonyl (C=O) groups excluding carboxylic acids is 1. The first-order valence-electron chi connectivity index (χ1n) is 8.75. The number of hydrogen-bond donors (Lipinski definition) is 0. The van der Waals surface area contributed by atoms with Gasteiger partial charge in [0, 0.05) is 5.56 Å². The molecule has 0 spiro atoms. The summed E-state index contributed by atoms with van der Waals surface area (Å²) < 4.78 is 13.2. The van der Waals surface area contributed by atoms with Crippen LogP contribution in [0.2, 0.25) is 0 Å². The van der Waals surface area contributed by atoms with Gasteiger partial charge in [0.25, 0.3) is 0 Å². The van der Waals surface area contributed by atoms with Gasteiger partial charge in [-0.25, -0.2) is 4.21 Å². The number of rotatable bonds is 1. The van der Waals surface area contributed by atoms with Crippen molar-refractivity contribution in [2.75, 3.05) is 0 Å². The van der Waals surface area contributed by atoms with Crippen LogP contribution in [0.3, 0.4) is 0 Å². The number of benzene rings is 2. The Bertz CT molecular complexity index is 927. The summed E-state index contributed by atoms with van der Waals surface area (Å²) in [6.45, 7) is 8.66. The van der Waals surface area contributed by atoms with E-state index in [1.165, 1.54) is 11.1 Å². The lowest BCUT2D eigenvalue weighted by Crippen LogP contribution is -2.15. The van der Waals surface area contributed by atoms with Gasteiger partial charge in [0.05, 0.1) is 20.6 Å². The Morgan fingerprint density at radius 2 is 1.76 bits per heavy atom. The highest BCUT2D eigenvalue weighted by atomic mass is 32.2. The average molecular weight is 350 g/mol. The maximum Gasteiger partial charge on any atom is 0.203 e. The number of fused-ring (bicyclic) bond motifs is 2. The van der Waals surface area contributed by atoms with Crippen LogP contribution in [0.25, 0.3) is 5.57 Å². The maximum absolute atomic E-state index is 13.2. The molecule has 1 aliphatic carbocycles. The third-order valence-electron chi connectivity index (χ3n) is 5.31. The smallest absolute Gasteiger partial charge is 0.203 e. The molecule has 0 saturated heterocycles. The third kappa shape index (κ3) is 2.29. The molecule has 0 saturated carbocycles. The molecule has 1 heterocycles. The molecule has 3 heteroatoms. The minimum absolute atomic E-state index is 0.0663. The van der Waals surface area contributed by atoms with Crippen LogP contribution in [0.15, 0.2) is 52.3 Å². The molecule has 2 nitrogen and oxygen atoms in total. The van der Waals surface area contributed by atoms with Crippen LogP contribution in [-0.4, -0.2) is 9.99 Å². The van der Waals surface area contributed by atoms with E-state index < -0.39 is 10.8 Å². The molecule has 2 aromatic carbocycles. The fraction of sp³-hybridized carbons (Fsp3) is 0.318. The quantitative estimate of drug-likeness (QED) is 0.670. The van der Waals surface area contributed by atoms with Gasteiger partial charge in [-0.2, -0.15) is 0 Å². The number of Topliss-reactive ketones (excluding diaryl/α,β-unsaturated/α-hetero) is 1. The molecule has 128 valence electrons. The van der Waals surface area contributed by atoms with Gasteiger partial charge in [-0.3, -0.25) is 4.79 Å². The van der Waals surface area contributed by atoms with Crippen LogP contribution in [0.1, 0.15) is 60.7 Å². The fourth-order valence-electron chi connectivity index (χ4n) is 4.22. The predicted octanol–water partition coefficient (Wildman–Crippen LogP) is 5.11. The van der Waals surface area contributed by atoms with Crippen molar-refractivity contribution in [1.29, 1.82) is 0 Å². The zero-order chi connectivity index (χ0) is 17.9. The summed E-state index contributed by atoms with van der Waals surface area (Å²) in [6, 6.07) is 13.7. The van der Waals surface area contributed by atoms with Crippen LogP contribution in [-0.2, 0) is 17.2 Å². The second-order valence-corrected chi connectivity index (χ2v) is 9.28. The molecule has 0 radical (unpaired) electrons. The van der Waals surface area contributed by atoms with Crippen molar-refractivity contribution in [3.05, 3.63) is 69.6 Å². The fourth-order valence-corrected chi connectivity index (χ4v) is 5.84. The molecule has 0 fully saturated rings. The number of carbonyl (C=O) groups is 1. The lowest BCUT2D eigenvalue weighted by molar-refractivity contribution is 0.104.